The van der Waals surface area contributed by atoms with Gasteiger partial charge in [-0.05, 0) is 57.2 Å². The van der Waals surface area contributed by atoms with Crippen LogP contribution in [-0.2, 0) is 0 Å². The lowest BCUT2D eigenvalue weighted by Crippen LogP contribution is -2.36. The van der Waals surface area contributed by atoms with Crippen molar-refractivity contribution in [1.82, 2.24) is 4.57 Å². The van der Waals surface area contributed by atoms with Crippen LogP contribution in [0.1, 0.15) is 25.6 Å². The molecule has 1 aromatic carbocycles. The number of nitrogens with zero attached hydrogens (tertiary/aromatic N) is 2. The highest BCUT2D eigenvalue weighted by Gasteiger charge is 2.17. The van der Waals surface area contributed by atoms with E-state index in [-0.39, 0.29) is 11.9 Å². The van der Waals surface area contributed by atoms with Crippen molar-refractivity contribution in [1.29, 1.82) is 0 Å². The number of pyridine rings is 1. The van der Waals surface area contributed by atoms with Crippen LogP contribution < -0.4 is 10.2 Å². The Morgan fingerprint density at radius 2 is 1.82 bits per heavy atom. The van der Waals surface area contributed by atoms with E-state index in [9.17, 15) is 4.79 Å². The zero-order valence-corrected chi connectivity index (χ0v) is 13.6. The smallest absolute Gasteiger partial charge is 0.272 e. The molecule has 0 N–H and O–H groups in total. The van der Waals surface area contributed by atoms with Crippen LogP contribution in [0.3, 0.4) is 0 Å². The fourth-order valence-electron chi connectivity index (χ4n) is 1.95. The summed E-state index contributed by atoms with van der Waals surface area (Å²) in [7, 11) is 0. The molecule has 1 atom stereocenters. The molecular formula is C17H19ClN2O2. The van der Waals surface area contributed by atoms with Crippen LogP contribution >= 0.6 is 11.6 Å². The van der Waals surface area contributed by atoms with Gasteiger partial charge in [0.25, 0.3) is 5.91 Å². The molecule has 0 saturated carbocycles. The lowest BCUT2D eigenvalue weighted by molar-refractivity contribution is 0.0721. The van der Waals surface area contributed by atoms with E-state index in [1.807, 2.05) is 26.0 Å². The number of benzene rings is 1. The van der Waals surface area contributed by atoms with Crippen molar-refractivity contribution in [2.75, 3.05) is 0 Å². The molecule has 116 valence electrons. The van der Waals surface area contributed by atoms with E-state index in [0.29, 0.717) is 16.3 Å². The molecule has 1 heterocycles. The number of ether oxygens (including phenoxy) is 1. The molecule has 0 aliphatic rings. The van der Waals surface area contributed by atoms with Crippen molar-refractivity contribution >= 4 is 17.5 Å². The fourth-order valence-corrected chi connectivity index (χ4v) is 2.08. The minimum atomic E-state index is -0.630. The lowest BCUT2D eigenvalue weighted by Gasteiger charge is -2.15. The lowest BCUT2D eigenvalue weighted by atomic mass is 10.3. The number of aromatic nitrogens is 1. The summed E-state index contributed by atoms with van der Waals surface area (Å²) >= 11 is 5.84. The summed E-state index contributed by atoms with van der Waals surface area (Å²) in [6.07, 6.45) is 1.07. The summed E-state index contributed by atoms with van der Waals surface area (Å²) in [5.41, 5.74) is 0.619. The highest BCUT2D eigenvalue weighted by atomic mass is 35.5. The van der Waals surface area contributed by atoms with Crippen LogP contribution in [0.15, 0.2) is 53.7 Å². The third kappa shape index (κ3) is 4.21. The number of hydrogen-bond acceptors (Lipinski definition) is 3. The number of hydrogen-bond donors (Lipinski definition) is 0. The normalized spacial score (nSPS) is 13.2. The zero-order valence-electron chi connectivity index (χ0n) is 12.9. The molecule has 0 fully saturated rings. The van der Waals surface area contributed by atoms with Crippen LogP contribution in [0, 0.1) is 0 Å². The first-order chi connectivity index (χ1) is 10.5. The van der Waals surface area contributed by atoms with Gasteiger partial charge in [-0.1, -0.05) is 17.7 Å². The fraction of sp³-hybridized carbons (Fsp3) is 0.294. The molecule has 0 amide bonds. The van der Waals surface area contributed by atoms with Gasteiger partial charge in [-0.3, -0.25) is 14.4 Å². The Hall–Kier alpha value is -2.07. The summed E-state index contributed by atoms with van der Waals surface area (Å²) < 4.78 is 7.19. The van der Waals surface area contributed by atoms with Gasteiger partial charge in [0, 0.05) is 17.3 Å². The molecule has 0 spiro atoms. The molecule has 5 heteroatoms. The van der Waals surface area contributed by atoms with Crippen molar-refractivity contribution in [2.45, 2.75) is 32.9 Å². The second kappa shape index (κ2) is 7.27. The average molecular weight is 319 g/mol. The van der Waals surface area contributed by atoms with Gasteiger partial charge < -0.3 is 4.74 Å². The topological polar surface area (TPSA) is 43.6 Å². The summed E-state index contributed by atoms with van der Waals surface area (Å²) in [5.74, 6) is 0.430. The first kappa shape index (κ1) is 16.3. The summed E-state index contributed by atoms with van der Waals surface area (Å²) in [4.78, 5) is 17.0. The van der Waals surface area contributed by atoms with Crippen molar-refractivity contribution in [3.63, 3.8) is 0 Å². The first-order valence-corrected chi connectivity index (χ1v) is 7.53. The van der Waals surface area contributed by atoms with Gasteiger partial charge in [0.2, 0.25) is 0 Å². The summed E-state index contributed by atoms with van der Waals surface area (Å²) in [6, 6.07) is 12.5. The Balaban J connectivity index is 2.22. The predicted octanol–water partition coefficient (Wildman–Crippen LogP) is 3.56. The largest absolute Gasteiger partial charge is 0.481 e. The van der Waals surface area contributed by atoms with Gasteiger partial charge >= 0.3 is 0 Å². The van der Waals surface area contributed by atoms with E-state index >= 15 is 0 Å². The quantitative estimate of drug-likeness (QED) is 0.865. The van der Waals surface area contributed by atoms with Crippen molar-refractivity contribution in [3.05, 3.63) is 59.2 Å². The van der Waals surface area contributed by atoms with Gasteiger partial charge in [0.15, 0.2) is 6.10 Å². The number of carbonyl (C=O) groups is 1. The highest BCUT2D eigenvalue weighted by molar-refractivity contribution is 6.30. The first-order valence-electron chi connectivity index (χ1n) is 7.15. The molecule has 0 aliphatic heterocycles. The third-order valence-corrected chi connectivity index (χ3v) is 3.19. The maximum atomic E-state index is 12.6. The van der Waals surface area contributed by atoms with Crippen LogP contribution in [0.4, 0.5) is 0 Å². The Kier molecular flexibility index (Phi) is 5.39. The SMILES string of the molecule is CC(C)N=c1ccccn1C(=O)C(C)Oc1ccc(Cl)cc1. The molecule has 22 heavy (non-hydrogen) atoms. The number of halogens is 1. The van der Waals surface area contributed by atoms with E-state index in [1.54, 1.807) is 43.5 Å². The molecule has 1 unspecified atom stereocenters. The maximum Gasteiger partial charge on any atom is 0.272 e. The van der Waals surface area contributed by atoms with E-state index in [1.165, 1.54) is 4.57 Å². The van der Waals surface area contributed by atoms with E-state index in [4.69, 9.17) is 16.3 Å². The van der Waals surface area contributed by atoms with Crippen LogP contribution in [-0.4, -0.2) is 22.6 Å². The molecule has 0 radical (unpaired) electrons. The molecule has 4 nitrogen and oxygen atoms in total. The number of carbonyl (C=O) groups excluding carboxylic acids is 1. The monoisotopic (exact) mass is 318 g/mol. The molecular weight excluding hydrogens is 300 g/mol. The van der Waals surface area contributed by atoms with E-state index in [0.717, 1.165) is 0 Å². The Labute approximate surface area is 135 Å². The van der Waals surface area contributed by atoms with Crippen molar-refractivity contribution in [3.8, 4) is 5.75 Å². The second-order valence-corrected chi connectivity index (χ2v) is 5.64. The zero-order chi connectivity index (χ0) is 16.1. The third-order valence-electron chi connectivity index (χ3n) is 2.94. The summed E-state index contributed by atoms with van der Waals surface area (Å²) in [6.45, 7) is 5.65. The Morgan fingerprint density at radius 1 is 1.14 bits per heavy atom. The molecule has 1 aromatic heterocycles. The van der Waals surface area contributed by atoms with Crippen LogP contribution in [0.2, 0.25) is 5.02 Å². The number of rotatable bonds is 4. The van der Waals surface area contributed by atoms with Gasteiger partial charge in [-0.25, -0.2) is 0 Å². The predicted molar refractivity (Wildman–Crippen MR) is 87.3 cm³/mol. The van der Waals surface area contributed by atoms with Crippen LogP contribution in [0.25, 0.3) is 0 Å². The Morgan fingerprint density at radius 3 is 2.45 bits per heavy atom. The average Bonchev–Trinajstić information content (AvgIpc) is 2.49. The van der Waals surface area contributed by atoms with Crippen molar-refractivity contribution in [2.24, 2.45) is 4.99 Å². The standard InChI is InChI=1S/C17H19ClN2O2/c1-12(2)19-16-6-4-5-11-20(16)17(21)13(3)22-15-9-7-14(18)8-10-15/h4-13H,1-3H3. The van der Waals surface area contributed by atoms with Gasteiger partial charge in [-0.2, -0.15) is 0 Å². The molecule has 0 saturated heterocycles. The van der Waals surface area contributed by atoms with E-state index in [2.05, 4.69) is 4.99 Å². The Bertz CT molecular complexity index is 705. The summed E-state index contributed by atoms with van der Waals surface area (Å²) in [5, 5.41) is 0.627. The van der Waals surface area contributed by atoms with E-state index < -0.39 is 6.10 Å². The van der Waals surface area contributed by atoms with Gasteiger partial charge in [0.1, 0.15) is 11.2 Å². The molecule has 2 rings (SSSR count). The maximum absolute atomic E-state index is 12.6. The minimum Gasteiger partial charge on any atom is -0.481 e. The molecule has 0 bridgehead atoms. The van der Waals surface area contributed by atoms with Crippen LogP contribution in [0.5, 0.6) is 5.75 Å². The van der Waals surface area contributed by atoms with Crippen molar-refractivity contribution < 1.29 is 9.53 Å². The highest BCUT2D eigenvalue weighted by Crippen LogP contribution is 2.17. The molecule has 0 aliphatic carbocycles. The van der Waals surface area contributed by atoms with Gasteiger partial charge in [-0.15, -0.1) is 0 Å². The minimum absolute atomic E-state index is 0.105. The van der Waals surface area contributed by atoms with Gasteiger partial charge in [0.05, 0.1) is 0 Å². The molecule has 2 aromatic rings. The second-order valence-electron chi connectivity index (χ2n) is 5.20.